The lowest BCUT2D eigenvalue weighted by Gasteiger charge is -1.85. The molecule has 0 aliphatic rings. The molecule has 0 fully saturated rings. The zero-order chi connectivity index (χ0) is 8.27. The zero-order valence-corrected chi connectivity index (χ0v) is 5.78. The number of nitrogens with zero attached hydrogens (tertiary/aromatic N) is 2. The van der Waals surface area contributed by atoms with E-state index in [9.17, 15) is 10.1 Å². The Morgan fingerprint density at radius 2 is 2.55 bits per heavy atom. The second kappa shape index (κ2) is 3.11. The van der Waals surface area contributed by atoms with E-state index in [2.05, 4.69) is 10.2 Å². The van der Waals surface area contributed by atoms with E-state index in [4.69, 9.17) is 5.73 Å². The Morgan fingerprint density at radius 1 is 1.82 bits per heavy atom. The van der Waals surface area contributed by atoms with E-state index >= 15 is 0 Å². The highest BCUT2D eigenvalue weighted by Crippen LogP contribution is 2.07. The molecule has 1 aromatic heterocycles. The van der Waals surface area contributed by atoms with Crippen LogP contribution in [0.25, 0.3) is 0 Å². The molecular formula is C5H8N4O2. The van der Waals surface area contributed by atoms with E-state index in [1.54, 1.807) is 0 Å². The molecule has 0 atom stereocenters. The Kier molecular flexibility index (Phi) is 2.17. The van der Waals surface area contributed by atoms with Gasteiger partial charge in [0.05, 0.1) is 11.8 Å². The SMILES string of the molecule is NCCc1cc([N+](=O)[O-])[nH]n1. The second-order valence-corrected chi connectivity index (χ2v) is 2.04. The predicted octanol–water partition coefficient (Wildman–Crippen LogP) is -0.181. The largest absolute Gasteiger partial charge is 0.358 e. The van der Waals surface area contributed by atoms with Crippen molar-refractivity contribution in [3.63, 3.8) is 0 Å². The molecule has 0 saturated carbocycles. The molecule has 0 aliphatic carbocycles. The Labute approximate surface area is 62.6 Å². The summed E-state index contributed by atoms with van der Waals surface area (Å²) in [5, 5.41) is 16.1. The van der Waals surface area contributed by atoms with E-state index in [1.165, 1.54) is 6.07 Å². The van der Waals surface area contributed by atoms with Crippen LogP contribution in [0.4, 0.5) is 5.82 Å². The summed E-state index contributed by atoms with van der Waals surface area (Å²) in [6.07, 6.45) is 0.560. The summed E-state index contributed by atoms with van der Waals surface area (Å²) in [7, 11) is 0. The summed E-state index contributed by atoms with van der Waals surface area (Å²) in [5.41, 5.74) is 5.85. The summed E-state index contributed by atoms with van der Waals surface area (Å²) in [6.45, 7) is 0.446. The molecule has 11 heavy (non-hydrogen) atoms. The second-order valence-electron chi connectivity index (χ2n) is 2.04. The summed E-state index contributed by atoms with van der Waals surface area (Å²) in [5.74, 6) is -0.0894. The van der Waals surface area contributed by atoms with Gasteiger partial charge in [0.15, 0.2) is 0 Å². The maximum Gasteiger partial charge on any atom is 0.342 e. The first-order valence-electron chi connectivity index (χ1n) is 3.13. The molecule has 0 aromatic carbocycles. The van der Waals surface area contributed by atoms with Gasteiger partial charge in [-0.1, -0.05) is 5.10 Å². The minimum atomic E-state index is -0.521. The van der Waals surface area contributed by atoms with Crippen molar-refractivity contribution in [3.05, 3.63) is 21.9 Å². The normalized spacial score (nSPS) is 9.91. The third kappa shape index (κ3) is 1.74. The smallest absolute Gasteiger partial charge is 0.342 e. The third-order valence-electron chi connectivity index (χ3n) is 1.21. The quantitative estimate of drug-likeness (QED) is 0.468. The molecule has 0 spiro atoms. The first-order chi connectivity index (χ1) is 5.24. The summed E-state index contributed by atoms with van der Waals surface area (Å²) < 4.78 is 0. The van der Waals surface area contributed by atoms with Crippen LogP contribution in [0.2, 0.25) is 0 Å². The Hall–Kier alpha value is -1.43. The number of aromatic nitrogens is 2. The number of nitro groups is 1. The van der Waals surface area contributed by atoms with E-state index < -0.39 is 4.92 Å². The van der Waals surface area contributed by atoms with Crippen molar-refractivity contribution >= 4 is 5.82 Å². The topological polar surface area (TPSA) is 97.8 Å². The van der Waals surface area contributed by atoms with Crippen molar-refractivity contribution in [1.29, 1.82) is 0 Å². The van der Waals surface area contributed by atoms with Gasteiger partial charge in [-0.15, -0.1) is 5.10 Å². The molecule has 6 nitrogen and oxygen atoms in total. The lowest BCUT2D eigenvalue weighted by molar-refractivity contribution is -0.389. The number of nitrogens with one attached hydrogen (secondary N) is 1. The molecule has 0 radical (unpaired) electrons. The van der Waals surface area contributed by atoms with Crippen molar-refractivity contribution in [3.8, 4) is 0 Å². The van der Waals surface area contributed by atoms with Gasteiger partial charge in [0.25, 0.3) is 0 Å². The number of hydrogen-bond donors (Lipinski definition) is 2. The van der Waals surface area contributed by atoms with Crippen molar-refractivity contribution in [1.82, 2.24) is 10.2 Å². The van der Waals surface area contributed by atoms with Crippen LogP contribution in [0.3, 0.4) is 0 Å². The molecule has 60 valence electrons. The molecule has 6 heteroatoms. The fourth-order valence-corrected chi connectivity index (χ4v) is 0.721. The number of hydrogen-bond acceptors (Lipinski definition) is 4. The zero-order valence-electron chi connectivity index (χ0n) is 5.78. The molecule has 1 rings (SSSR count). The molecule has 3 N–H and O–H groups in total. The molecule has 0 aliphatic heterocycles. The third-order valence-corrected chi connectivity index (χ3v) is 1.21. The monoisotopic (exact) mass is 156 g/mol. The standard InChI is InChI=1S/C5H8N4O2/c6-2-1-4-3-5(8-7-4)9(10)11/h3H,1-2,6H2,(H,7,8). The molecule has 0 saturated heterocycles. The molecule has 1 heterocycles. The van der Waals surface area contributed by atoms with E-state index in [1.807, 2.05) is 0 Å². The van der Waals surface area contributed by atoms with Crippen molar-refractivity contribution in [2.45, 2.75) is 6.42 Å². The van der Waals surface area contributed by atoms with Gasteiger partial charge < -0.3 is 15.8 Å². The lowest BCUT2D eigenvalue weighted by atomic mass is 10.3. The highest BCUT2D eigenvalue weighted by molar-refractivity contribution is 5.20. The van der Waals surface area contributed by atoms with E-state index in [-0.39, 0.29) is 5.82 Å². The van der Waals surface area contributed by atoms with Gasteiger partial charge in [-0.2, -0.15) is 0 Å². The fraction of sp³-hybridized carbons (Fsp3) is 0.400. The minimum Gasteiger partial charge on any atom is -0.358 e. The lowest BCUT2D eigenvalue weighted by Crippen LogP contribution is -2.02. The van der Waals surface area contributed by atoms with Crippen LogP contribution in [0.5, 0.6) is 0 Å². The van der Waals surface area contributed by atoms with Gasteiger partial charge in [-0.3, -0.25) is 0 Å². The summed E-state index contributed by atoms with van der Waals surface area (Å²) in [6, 6.07) is 1.38. The van der Waals surface area contributed by atoms with Gasteiger partial charge in [-0.25, -0.2) is 0 Å². The van der Waals surface area contributed by atoms with E-state index in [0.717, 1.165) is 0 Å². The summed E-state index contributed by atoms with van der Waals surface area (Å²) >= 11 is 0. The van der Waals surface area contributed by atoms with Crippen LogP contribution >= 0.6 is 0 Å². The van der Waals surface area contributed by atoms with Gasteiger partial charge in [0.2, 0.25) is 0 Å². The maximum absolute atomic E-state index is 10.1. The average Bonchev–Trinajstić information content (AvgIpc) is 2.37. The number of nitrogens with two attached hydrogens (primary N) is 1. The molecule has 1 aromatic rings. The van der Waals surface area contributed by atoms with Crippen LogP contribution < -0.4 is 5.73 Å². The first kappa shape index (κ1) is 7.67. The number of H-pyrrole nitrogens is 1. The van der Waals surface area contributed by atoms with Gasteiger partial charge in [0, 0.05) is 6.42 Å². The van der Waals surface area contributed by atoms with Crippen molar-refractivity contribution in [2.75, 3.05) is 6.54 Å². The highest BCUT2D eigenvalue weighted by Gasteiger charge is 2.07. The Bertz CT molecular complexity index is 257. The van der Waals surface area contributed by atoms with Crippen LogP contribution in [-0.2, 0) is 6.42 Å². The Morgan fingerprint density at radius 3 is 3.00 bits per heavy atom. The number of aromatic amines is 1. The van der Waals surface area contributed by atoms with E-state index in [0.29, 0.717) is 18.7 Å². The fourth-order valence-electron chi connectivity index (χ4n) is 0.721. The van der Waals surface area contributed by atoms with Crippen LogP contribution in [0.15, 0.2) is 6.07 Å². The van der Waals surface area contributed by atoms with Gasteiger partial charge in [0.1, 0.15) is 0 Å². The van der Waals surface area contributed by atoms with Crippen molar-refractivity contribution < 1.29 is 4.92 Å². The Balaban J connectivity index is 2.73. The average molecular weight is 156 g/mol. The van der Waals surface area contributed by atoms with Crippen LogP contribution in [-0.4, -0.2) is 21.7 Å². The molecule has 0 unspecified atom stereocenters. The van der Waals surface area contributed by atoms with Crippen LogP contribution in [0.1, 0.15) is 5.69 Å². The van der Waals surface area contributed by atoms with Gasteiger partial charge in [-0.05, 0) is 11.5 Å². The minimum absolute atomic E-state index is 0.0894. The maximum atomic E-state index is 10.1. The molecule has 0 amide bonds. The molecule has 0 bridgehead atoms. The molecular weight excluding hydrogens is 148 g/mol. The highest BCUT2D eigenvalue weighted by atomic mass is 16.6. The van der Waals surface area contributed by atoms with Crippen LogP contribution in [0, 0.1) is 10.1 Å². The first-order valence-corrected chi connectivity index (χ1v) is 3.13. The van der Waals surface area contributed by atoms with Crippen molar-refractivity contribution in [2.24, 2.45) is 5.73 Å². The predicted molar refractivity (Wildman–Crippen MR) is 38.0 cm³/mol. The van der Waals surface area contributed by atoms with Gasteiger partial charge >= 0.3 is 5.82 Å². The number of rotatable bonds is 3. The summed E-state index contributed by atoms with van der Waals surface area (Å²) in [4.78, 5) is 9.60.